The normalized spacial score (nSPS) is 10.8. The Labute approximate surface area is 180 Å². The van der Waals surface area contributed by atoms with E-state index in [9.17, 15) is 4.79 Å². The fourth-order valence-corrected chi connectivity index (χ4v) is 3.88. The van der Waals surface area contributed by atoms with E-state index in [-0.39, 0.29) is 5.78 Å². The summed E-state index contributed by atoms with van der Waals surface area (Å²) in [5.74, 6) is 1.45. The molecule has 7 heteroatoms. The monoisotopic (exact) mass is 424 g/mol. The first-order valence-corrected chi connectivity index (χ1v) is 10.1. The predicted molar refractivity (Wildman–Crippen MR) is 121 cm³/mol. The summed E-state index contributed by atoms with van der Waals surface area (Å²) in [6, 6.07) is 11.6. The van der Waals surface area contributed by atoms with E-state index in [1.54, 1.807) is 39.5 Å². The molecule has 1 N–H and O–H groups in total. The number of carbonyl (C=O) groups is 1. The van der Waals surface area contributed by atoms with E-state index in [4.69, 9.17) is 14.2 Å². The summed E-state index contributed by atoms with van der Waals surface area (Å²) in [6.45, 7) is 3.86. The van der Waals surface area contributed by atoms with Crippen LogP contribution in [0.25, 0.3) is 6.08 Å². The number of ketones is 1. The van der Waals surface area contributed by atoms with E-state index >= 15 is 0 Å². The molecule has 156 valence electrons. The quantitative estimate of drug-likeness (QED) is 0.384. The fourth-order valence-electron chi connectivity index (χ4n) is 2.97. The van der Waals surface area contributed by atoms with Crippen molar-refractivity contribution in [2.24, 2.45) is 0 Å². The molecule has 3 aromatic rings. The van der Waals surface area contributed by atoms with Gasteiger partial charge in [0.15, 0.2) is 22.4 Å². The number of nitrogens with one attached hydrogen (secondary N) is 1. The minimum Gasteiger partial charge on any atom is -0.493 e. The van der Waals surface area contributed by atoms with Crippen LogP contribution in [-0.4, -0.2) is 32.1 Å². The highest BCUT2D eigenvalue weighted by molar-refractivity contribution is 7.17. The lowest BCUT2D eigenvalue weighted by Crippen LogP contribution is -1.96. The molecule has 0 aliphatic carbocycles. The summed E-state index contributed by atoms with van der Waals surface area (Å²) in [5, 5.41) is 3.94. The molecule has 30 heavy (non-hydrogen) atoms. The van der Waals surface area contributed by atoms with Crippen molar-refractivity contribution in [1.29, 1.82) is 0 Å². The molecular weight excluding hydrogens is 400 g/mol. The van der Waals surface area contributed by atoms with Gasteiger partial charge in [0.25, 0.3) is 0 Å². The molecule has 1 aromatic heterocycles. The summed E-state index contributed by atoms with van der Waals surface area (Å²) in [7, 11) is 4.66. The molecule has 0 spiro atoms. The Morgan fingerprint density at radius 2 is 1.73 bits per heavy atom. The third kappa shape index (κ3) is 4.80. The summed E-state index contributed by atoms with van der Waals surface area (Å²) >= 11 is 1.33. The average Bonchev–Trinajstić information content (AvgIpc) is 3.11. The van der Waals surface area contributed by atoms with Gasteiger partial charge in [0.05, 0.1) is 31.9 Å². The number of anilines is 2. The van der Waals surface area contributed by atoms with Gasteiger partial charge in [-0.3, -0.25) is 4.79 Å². The first kappa shape index (κ1) is 21.4. The molecule has 0 fully saturated rings. The van der Waals surface area contributed by atoms with Crippen LogP contribution in [0.1, 0.15) is 26.5 Å². The van der Waals surface area contributed by atoms with Crippen molar-refractivity contribution in [3.8, 4) is 17.2 Å². The molecule has 0 radical (unpaired) electrons. The maximum absolute atomic E-state index is 12.8. The van der Waals surface area contributed by atoms with Crippen LogP contribution in [0.4, 0.5) is 10.8 Å². The minimum atomic E-state index is -0.115. The molecule has 0 atom stereocenters. The highest BCUT2D eigenvalue weighted by Crippen LogP contribution is 2.38. The van der Waals surface area contributed by atoms with Crippen molar-refractivity contribution >= 4 is 34.0 Å². The number of hydrogen-bond acceptors (Lipinski definition) is 7. The Bertz CT molecular complexity index is 1060. The van der Waals surface area contributed by atoms with Crippen LogP contribution >= 0.6 is 11.3 Å². The van der Waals surface area contributed by atoms with E-state index < -0.39 is 0 Å². The van der Waals surface area contributed by atoms with E-state index in [0.29, 0.717) is 33.0 Å². The van der Waals surface area contributed by atoms with Gasteiger partial charge in [-0.25, -0.2) is 4.98 Å². The molecule has 1 heterocycles. The van der Waals surface area contributed by atoms with Crippen LogP contribution < -0.4 is 19.5 Å². The Hall–Kier alpha value is -3.32. The first-order valence-electron chi connectivity index (χ1n) is 9.28. The number of carbonyl (C=O) groups excluding carboxylic acids is 1. The molecule has 0 bridgehead atoms. The topological polar surface area (TPSA) is 69.7 Å². The Morgan fingerprint density at radius 1 is 1.03 bits per heavy atom. The number of aryl methyl sites for hydroxylation is 2. The molecule has 0 aliphatic rings. The third-order valence-corrected chi connectivity index (χ3v) is 5.49. The van der Waals surface area contributed by atoms with E-state index in [1.165, 1.54) is 17.4 Å². The van der Waals surface area contributed by atoms with Gasteiger partial charge in [0.2, 0.25) is 5.75 Å². The van der Waals surface area contributed by atoms with Gasteiger partial charge in [0.1, 0.15) is 0 Å². The van der Waals surface area contributed by atoms with Crippen LogP contribution in [0.5, 0.6) is 17.2 Å². The molecule has 0 unspecified atom stereocenters. The molecule has 0 saturated heterocycles. The number of allylic oxidation sites excluding steroid dienone is 1. The van der Waals surface area contributed by atoms with Gasteiger partial charge in [-0.15, -0.1) is 0 Å². The lowest BCUT2D eigenvalue weighted by molar-refractivity contribution is 0.105. The van der Waals surface area contributed by atoms with Crippen LogP contribution in [0, 0.1) is 13.8 Å². The third-order valence-electron chi connectivity index (χ3n) is 4.40. The van der Waals surface area contributed by atoms with Gasteiger partial charge in [0, 0.05) is 5.69 Å². The van der Waals surface area contributed by atoms with E-state index in [0.717, 1.165) is 16.8 Å². The largest absolute Gasteiger partial charge is 0.493 e. The van der Waals surface area contributed by atoms with Crippen molar-refractivity contribution in [3.63, 3.8) is 0 Å². The number of rotatable bonds is 8. The number of thiazole rings is 1. The second kappa shape index (κ2) is 9.45. The van der Waals surface area contributed by atoms with Crippen molar-refractivity contribution in [1.82, 2.24) is 4.98 Å². The number of nitrogens with zero attached hydrogens (tertiary/aromatic N) is 1. The zero-order valence-electron chi connectivity index (χ0n) is 17.6. The Balaban J connectivity index is 1.81. The summed E-state index contributed by atoms with van der Waals surface area (Å²) in [4.78, 5) is 17.8. The number of methoxy groups -OCH3 is 3. The van der Waals surface area contributed by atoms with Gasteiger partial charge in [-0.05, 0) is 55.3 Å². The maximum Gasteiger partial charge on any atom is 0.203 e. The van der Waals surface area contributed by atoms with Gasteiger partial charge in [-0.1, -0.05) is 29.5 Å². The molecule has 0 aliphatic heterocycles. The van der Waals surface area contributed by atoms with Gasteiger partial charge in [-0.2, -0.15) is 0 Å². The smallest absolute Gasteiger partial charge is 0.203 e. The van der Waals surface area contributed by atoms with Crippen LogP contribution in [0.15, 0.2) is 42.5 Å². The standard InChI is InChI=1S/C23H24N2O4S/c1-14-7-6-8-17(11-14)25-23-24-15(2)22(30-23)18(26)10-9-16-12-19(27-3)21(29-5)20(13-16)28-4/h6-13H,1-5H3,(H,24,25)/b10-9+. The van der Waals surface area contributed by atoms with Gasteiger partial charge >= 0.3 is 0 Å². The molecule has 6 nitrogen and oxygen atoms in total. The van der Waals surface area contributed by atoms with Crippen LogP contribution in [0.2, 0.25) is 0 Å². The Kier molecular flexibility index (Phi) is 6.74. The Morgan fingerprint density at radius 3 is 2.33 bits per heavy atom. The van der Waals surface area contributed by atoms with Crippen LogP contribution in [0.3, 0.4) is 0 Å². The number of ether oxygens (including phenoxy) is 3. The summed E-state index contributed by atoms with van der Waals surface area (Å²) in [6.07, 6.45) is 3.25. The highest BCUT2D eigenvalue weighted by Gasteiger charge is 2.15. The zero-order valence-corrected chi connectivity index (χ0v) is 18.4. The summed E-state index contributed by atoms with van der Waals surface area (Å²) < 4.78 is 16.0. The number of aromatic nitrogens is 1. The second-order valence-electron chi connectivity index (χ2n) is 6.58. The van der Waals surface area contributed by atoms with Gasteiger partial charge < -0.3 is 19.5 Å². The lowest BCUT2D eigenvalue weighted by atomic mass is 10.1. The van der Waals surface area contributed by atoms with E-state index in [2.05, 4.69) is 10.3 Å². The predicted octanol–water partition coefficient (Wildman–Crippen LogP) is 5.43. The SMILES string of the molecule is COc1cc(/C=C/C(=O)c2sc(Nc3cccc(C)c3)nc2C)cc(OC)c1OC. The number of hydrogen-bond donors (Lipinski definition) is 1. The van der Waals surface area contributed by atoms with Crippen molar-refractivity contribution in [2.75, 3.05) is 26.6 Å². The molecule has 2 aromatic carbocycles. The van der Waals surface area contributed by atoms with Crippen LogP contribution in [-0.2, 0) is 0 Å². The average molecular weight is 425 g/mol. The minimum absolute atomic E-state index is 0.115. The maximum atomic E-state index is 12.8. The van der Waals surface area contributed by atoms with Crippen molar-refractivity contribution < 1.29 is 19.0 Å². The van der Waals surface area contributed by atoms with Crippen molar-refractivity contribution in [3.05, 3.63) is 64.2 Å². The fraction of sp³-hybridized carbons (Fsp3) is 0.217. The highest BCUT2D eigenvalue weighted by atomic mass is 32.1. The number of benzene rings is 2. The molecular formula is C23H24N2O4S. The lowest BCUT2D eigenvalue weighted by Gasteiger charge is -2.12. The zero-order chi connectivity index (χ0) is 21.7. The molecule has 0 saturated carbocycles. The first-order chi connectivity index (χ1) is 14.4. The van der Waals surface area contributed by atoms with E-state index in [1.807, 2.05) is 38.1 Å². The van der Waals surface area contributed by atoms with Crippen molar-refractivity contribution in [2.45, 2.75) is 13.8 Å². The molecule has 3 rings (SSSR count). The second-order valence-corrected chi connectivity index (χ2v) is 7.58. The summed E-state index contributed by atoms with van der Waals surface area (Å²) in [5.41, 5.74) is 3.54. The molecule has 0 amide bonds.